The zero-order valence-electron chi connectivity index (χ0n) is 10.3. The second-order valence-electron chi connectivity index (χ2n) is 4.36. The molecule has 0 amide bonds. The summed E-state index contributed by atoms with van der Waals surface area (Å²) in [7, 11) is -2.66. The van der Waals surface area contributed by atoms with E-state index in [2.05, 4.69) is 9.61 Å². The van der Waals surface area contributed by atoms with Crippen LogP contribution in [0.15, 0.2) is 0 Å². The summed E-state index contributed by atoms with van der Waals surface area (Å²) in [6.07, 6.45) is -0.250. The molecule has 0 bridgehead atoms. The molecule has 17 heavy (non-hydrogen) atoms. The zero-order chi connectivity index (χ0) is 13.7. The Labute approximate surface area is 100 Å². The summed E-state index contributed by atoms with van der Waals surface area (Å²) in [5.74, 6) is -1.74. The van der Waals surface area contributed by atoms with E-state index >= 15 is 0 Å². The van der Waals surface area contributed by atoms with Crippen LogP contribution < -0.4 is 5.09 Å². The van der Waals surface area contributed by atoms with Crippen molar-refractivity contribution in [2.24, 2.45) is 5.41 Å². The highest BCUT2D eigenvalue weighted by Gasteiger charge is 2.33. The Hall–Kier alpha value is -0.910. The van der Waals surface area contributed by atoms with Gasteiger partial charge in [-0.2, -0.15) is 0 Å². The Morgan fingerprint density at radius 2 is 1.88 bits per heavy atom. The fourth-order valence-electron chi connectivity index (χ4n) is 0.680. The number of rotatable bonds is 6. The molecule has 0 aromatic heterocycles. The third kappa shape index (κ3) is 6.41. The molecule has 8 heteroatoms. The third-order valence-corrected chi connectivity index (χ3v) is 3.20. The summed E-state index contributed by atoms with van der Waals surface area (Å²) in [4.78, 5) is 21.8. The molecule has 0 spiro atoms. The van der Waals surface area contributed by atoms with Gasteiger partial charge in [-0.3, -0.25) is 14.1 Å². The Morgan fingerprint density at radius 3 is 2.24 bits per heavy atom. The summed E-state index contributed by atoms with van der Waals surface area (Å²) in [5, 5.41) is 10.7. The molecule has 0 aromatic rings. The topological polar surface area (TPSA) is 102 Å². The van der Waals surface area contributed by atoms with E-state index in [1.807, 2.05) is 0 Å². The fraction of sp³-hybridized carbons (Fsp3) is 0.778. The van der Waals surface area contributed by atoms with Gasteiger partial charge in [-0.1, -0.05) is 0 Å². The van der Waals surface area contributed by atoms with Gasteiger partial charge >= 0.3 is 19.7 Å². The number of carboxylic acids is 1. The van der Waals surface area contributed by atoms with E-state index < -0.39 is 25.1 Å². The van der Waals surface area contributed by atoms with Crippen molar-refractivity contribution in [1.82, 2.24) is 5.09 Å². The highest BCUT2D eigenvalue weighted by atomic mass is 31.2. The number of nitrogens with one attached hydrogen (secondary N) is 1. The van der Waals surface area contributed by atoms with Gasteiger partial charge in [0.1, 0.15) is 0 Å². The van der Waals surface area contributed by atoms with Gasteiger partial charge in [-0.25, -0.2) is 9.65 Å². The highest BCUT2D eigenvalue weighted by Crippen LogP contribution is 2.44. The molecule has 0 aliphatic rings. The van der Waals surface area contributed by atoms with E-state index in [1.54, 1.807) is 20.8 Å². The second kappa shape index (κ2) is 6.14. The summed E-state index contributed by atoms with van der Waals surface area (Å²) >= 11 is 0. The molecule has 0 aliphatic heterocycles. The lowest BCUT2D eigenvalue weighted by molar-refractivity contribution is -0.143. The molecule has 0 saturated carbocycles. The molecule has 0 aliphatic carbocycles. The van der Waals surface area contributed by atoms with Crippen molar-refractivity contribution < 1.29 is 28.3 Å². The standard InChI is InChI=1S/C9H18NO6P/c1-9(2,3)8(13)16-17(14,15-4)10-6-5-7(11)12/h5-6H2,1-4H3,(H,10,14)(H,11,12). The maximum Gasteiger partial charge on any atom is 0.460 e. The average molecular weight is 267 g/mol. The van der Waals surface area contributed by atoms with Crippen molar-refractivity contribution >= 4 is 19.7 Å². The van der Waals surface area contributed by atoms with Crippen LogP contribution in [-0.4, -0.2) is 30.7 Å². The molecule has 1 atom stereocenters. The summed E-state index contributed by atoms with van der Waals surface area (Å²) in [6.45, 7) is 4.70. The van der Waals surface area contributed by atoms with Crippen LogP contribution in [0.5, 0.6) is 0 Å². The van der Waals surface area contributed by atoms with E-state index in [1.165, 1.54) is 0 Å². The van der Waals surface area contributed by atoms with Crippen LogP contribution in [-0.2, 0) is 23.2 Å². The SMILES string of the molecule is COP(=O)(NCCC(=O)O)OC(=O)C(C)(C)C. The van der Waals surface area contributed by atoms with Crippen LogP contribution >= 0.6 is 7.75 Å². The Kier molecular flexibility index (Phi) is 5.81. The van der Waals surface area contributed by atoms with Crippen LogP contribution in [0.1, 0.15) is 27.2 Å². The largest absolute Gasteiger partial charge is 0.481 e. The van der Waals surface area contributed by atoms with E-state index in [0.717, 1.165) is 7.11 Å². The smallest absolute Gasteiger partial charge is 0.460 e. The quantitative estimate of drug-likeness (QED) is 0.701. The molecule has 2 N–H and O–H groups in total. The van der Waals surface area contributed by atoms with Gasteiger partial charge in [0.05, 0.1) is 11.8 Å². The number of aliphatic carboxylic acids is 1. The van der Waals surface area contributed by atoms with Gasteiger partial charge in [-0.15, -0.1) is 0 Å². The van der Waals surface area contributed by atoms with Crippen LogP contribution in [0.25, 0.3) is 0 Å². The van der Waals surface area contributed by atoms with Crippen molar-refractivity contribution in [3.8, 4) is 0 Å². The maximum absolute atomic E-state index is 11.9. The first kappa shape index (κ1) is 16.1. The van der Waals surface area contributed by atoms with Crippen LogP contribution in [0.4, 0.5) is 0 Å². The van der Waals surface area contributed by atoms with Gasteiger partial charge in [-0.05, 0) is 20.8 Å². The van der Waals surface area contributed by atoms with Crippen molar-refractivity contribution in [2.75, 3.05) is 13.7 Å². The predicted molar refractivity (Wildman–Crippen MR) is 60.4 cm³/mol. The molecule has 0 radical (unpaired) electrons. The summed E-state index contributed by atoms with van der Waals surface area (Å²) in [5.41, 5.74) is -0.817. The Balaban J connectivity index is 4.43. The monoisotopic (exact) mass is 267 g/mol. The number of carbonyl (C=O) groups is 2. The number of carbonyl (C=O) groups excluding carboxylic acids is 1. The minimum Gasteiger partial charge on any atom is -0.481 e. The van der Waals surface area contributed by atoms with Gasteiger partial charge in [0.15, 0.2) is 0 Å². The summed E-state index contributed by atoms with van der Waals surface area (Å²) in [6, 6.07) is 0. The zero-order valence-corrected chi connectivity index (χ0v) is 11.2. The van der Waals surface area contributed by atoms with Gasteiger partial charge in [0, 0.05) is 13.7 Å². The van der Waals surface area contributed by atoms with E-state index in [0.29, 0.717) is 0 Å². The van der Waals surface area contributed by atoms with E-state index in [4.69, 9.17) is 9.63 Å². The average Bonchev–Trinajstić information content (AvgIpc) is 2.15. The van der Waals surface area contributed by atoms with Crippen molar-refractivity contribution in [2.45, 2.75) is 27.2 Å². The third-order valence-electron chi connectivity index (χ3n) is 1.70. The first-order valence-electron chi connectivity index (χ1n) is 4.97. The van der Waals surface area contributed by atoms with E-state index in [-0.39, 0.29) is 13.0 Å². The second-order valence-corrected chi connectivity index (χ2v) is 6.22. The lowest BCUT2D eigenvalue weighted by Gasteiger charge is -2.21. The molecule has 0 saturated heterocycles. The number of hydrogen-bond acceptors (Lipinski definition) is 5. The Morgan fingerprint density at radius 1 is 1.35 bits per heavy atom. The predicted octanol–water partition coefficient (Wildman–Crippen LogP) is 1.39. The minimum atomic E-state index is -3.77. The van der Waals surface area contributed by atoms with Gasteiger partial charge < -0.3 is 9.63 Å². The fourth-order valence-corrected chi connectivity index (χ4v) is 1.83. The molecular weight excluding hydrogens is 249 g/mol. The molecule has 0 rings (SSSR count). The van der Waals surface area contributed by atoms with Crippen LogP contribution in [0.3, 0.4) is 0 Å². The van der Waals surface area contributed by atoms with Crippen molar-refractivity contribution in [3.63, 3.8) is 0 Å². The number of hydrogen-bond donors (Lipinski definition) is 2. The van der Waals surface area contributed by atoms with Gasteiger partial charge in [0.2, 0.25) is 0 Å². The van der Waals surface area contributed by atoms with Crippen molar-refractivity contribution in [3.05, 3.63) is 0 Å². The molecule has 100 valence electrons. The first-order valence-corrected chi connectivity index (χ1v) is 6.52. The molecule has 0 aromatic carbocycles. The van der Waals surface area contributed by atoms with Crippen molar-refractivity contribution in [1.29, 1.82) is 0 Å². The van der Waals surface area contributed by atoms with E-state index in [9.17, 15) is 14.2 Å². The first-order chi connectivity index (χ1) is 7.60. The number of carboxylic acid groups (broad SMARTS) is 1. The Bertz CT molecular complexity index is 335. The minimum absolute atomic E-state index is 0.113. The van der Waals surface area contributed by atoms with Crippen LogP contribution in [0.2, 0.25) is 0 Å². The van der Waals surface area contributed by atoms with Crippen LogP contribution in [0, 0.1) is 5.41 Å². The molecule has 0 heterocycles. The molecule has 0 fully saturated rings. The lowest BCUT2D eigenvalue weighted by atomic mass is 9.98. The summed E-state index contributed by atoms with van der Waals surface area (Å²) < 4.78 is 21.2. The maximum atomic E-state index is 11.9. The molecule has 1 unspecified atom stereocenters. The lowest BCUT2D eigenvalue weighted by Crippen LogP contribution is -2.26. The van der Waals surface area contributed by atoms with Gasteiger partial charge in [0.25, 0.3) is 0 Å². The normalized spacial score (nSPS) is 15.1. The molecular formula is C9H18NO6P. The highest BCUT2D eigenvalue weighted by molar-refractivity contribution is 7.52. The molecule has 7 nitrogen and oxygen atoms in total.